The van der Waals surface area contributed by atoms with E-state index in [4.69, 9.17) is 32.7 Å². The first kappa shape index (κ1) is 23.8. The Morgan fingerprint density at radius 1 is 1.07 bits per heavy atom. The number of rotatable bonds is 10. The molecule has 1 atom stereocenters. The predicted molar refractivity (Wildman–Crippen MR) is 118 cm³/mol. The Morgan fingerprint density at radius 3 is 2.30 bits per heavy atom. The Balaban J connectivity index is 2.23. The van der Waals surface area contributed by atoms with Crippen LogP contribution in [0.25, 0.3) is 0 Å². The van der Waals surface area contributed by atoms with Crippen LogP contribution in [0.2, 0.25) is 10.0 Å². The lowest BCUT2D eigenvalue weighted by atomic mass is 10.1. The number of carbonyl (C=O) groups is 2. The van der Waals surface area contributed by atoms with Gasteiger partial charge in [-0.05, 0) is 37.6 Å². The van der Waals surface area contributed by atoms with Gasteiger partial charge in [0.25, 0.3) is 5.91 Å². The van der Waals surface area contributed by atoms with Gasteiger partial charge in [-0.3, -0.25) is 9.59 Å². The van der Waals surface area contributed by atoms with E-state index in [9.17, 15) is 9.59 Å². The van der Waals surface area contributed by atoms with Gasteiger partial charge in [0.2, 0.25) is 5.91 Å². The highest BCUT2D eigenvalue weighted by Gasteiger charge is 2.27. The molecule has 0 aliphatic heterocycles. The second-order valence-electron chi connectivity index (χ2n) is 6.63. The molecule has 6 nitrogen and oxygen atoms in total. The van der Waals surface area contributed by atoms with E-state index in [1.807, 2.05) is 6.92 Å². The van der Waals surface area contributed by atoms with Crippen LogP contribution < -0.4 is 14.8 Å². The number of nitrogens with one attached hydrogen (secondary N) is 1. The third-order valence-electron chi connectivity index (χ3n) is 4.53. The van der Waals surface area contributed by atoms with Crippen LogP contribution in [-0.4, -0.2) is 43.0 Å². The molecule has 2 aromatic rings. The predicted octanol–water partition coefficient (Wildman–Crippen LogP) is 4.32. The standard InChI is InChI=1S/C22H26Cl2N2O4/c1-4-12-25-22(28)15(2)26(13-16-17(23)8-7-9-18(16)24)21(27)14-30-20-11-6-5-10-19(20)29-3/h5-11,15H,4,12-14H2,1-3H3,(H,25,28)/t15-/m0/s1. The summed E-state index contributed by atoms with van der Waals surface area (Å²) in [5.74, 6) is 0.314. The molecule has 0 saturated heterocycles. The monoisotopic (exact) mass is 452 g/mol. The molecule has 0 bridgehead atoms. The zero-order valence-electron chi connectivity index (χ0n) is 17.3. The number of amides is 2. The average Bonchev–Trinajstić information content (AvgIpc) is 2.75. The molecule has 0 radical (unpaired) electrons. The number of nitrogens with zero attached hydrogens (tertiary/aromatic N) is 1. The third kappa shape index (κ3) is 6.28. The van der Waals surface area contributed by atoms with E-state index in [1.165, 1.54) is 12.0 Å². The van der Waals surface area contributed by atoms with E-state index in [-0.39, 0.29) is 25.0 Å². The number of carbonyl (C=O) groups excluding carboxylic acids is 2. The summed E-state index contributed by atoms with van der Waals surface area (Å²) in [5, 5.41) is 3.66. The van der Waals surface area contributed by atoms with E-state index >= 15 is 0 Å². The fraction of sp³-hybridized carbons (Fsp3) is 0.364. The van der Waals surface area contributed by atoms with Crippen LogP contribution >= 0.6 is 23.2 Å². The molecule has 8 heteroatoms. The minimum atomic E-state index is -0.738. The van der Waals surface area contributed by atoms with Crippen molar-refractivity contribution in [3.63, 3.8) is 0 Å². The Hall–Kier alpha value is -2.44. The van der Waals surface area contributed by atoms with E-state index < -0.39 is 6.04 Å². The van der Waals surface area contributed by atoms with Crippen LogP contribution in [-0.2, 0) is 16.1 Å². The SMILES string of the molecule is CCCNC(=O)[C@H](C)N(Cc1c(Cl)cccc1Cl)C(=O)COc1ccccc1OC. The van der Waals surface area contributed by atoms with Gasteiger partial charge in [0.05, 0.1) is 7.11 Å². The largest absolute Gasteiger partial charge is 0.493 e. The summed E-state index contributed by atoms with van der Waals surface area (Å²) >= 11 is 12.6. The first-order valence-electron chi connectivity index (χ1n) is 9.64. The number of benzene rings is 2. The molecule has 30 heavy (non-hydrogen) atoms. The number of halogens is 2. The summed E-state index contributed by atoms with van der Waals surface area (Å²) < 4.78 is 10.9. The van der Waals surface area contributed by atoms with Gasteiger partial charge in [0, 0.05) is 28.7 Å². The van der Waals surface area contributed by atoms with Gasteiger partial charge in [0.15, 0.2) is 18.1 Å². The van der Waals surface area contributed by atoms with Crippen molar-refractivity contribution in [2.75, 3.05) is 20.3 Å². The second-order valence-corrected chi connectivity index (χ2v) is 7.44. The van der Waals surface area contributed by atoms with Crippen LogP contribution in [0.15, 0.2) is 42.5 Å². The van der Waals surface area contributed by atoms with Gasteiger partial charge in [-0.25, -0.2) is 0 Å². The molecule has 0 heterocycles. The number of para-hydroxylation sites is 2. The maximum Gasteiger partial charge on any atom is 0.261 e. The number of methoxy groups -OCH3 is 1. The minimum Gasteiger partial charge on any atom is -0.493 e. The van der Waals surface area contributed by atoms with E-state index in [1.54, 1.807) is 49.4 Å². The van der Waals surface area contributed by atoms with Crippen molar-refractivity contribution in [2.45, 2.75) is 32.9 Å². The maximum atomic E-state index is 13.1. The first-order chi connectivity index (χ1) is 14.4. The lowest BCUT2D eigenvalue weighted by Gasteiger charge is -2.29. The minimum absolute atomic E-state index is 0.0767. The Kier molecular flexibility index (Phi) is 9.27. The lowest BCUT2D eigenvalue weighted by Crippen LogP contribution is -2.49. The highest BCUT2D eigenvalue weighted by molar-refractivity contribution is 6.36. The zero-order chi connectivity index (χ0) is 22.1. The Labute approximate surface area is 187 Å². The summed E-state index contributed by atoms with van der Waals surface area (Å²) in [6.45, 7) is 3.95. The Bertz CT molecular complexity index is 856. The van der Waals surface area contributed by atoms with Crippen LogP contribution in [0.1, 0.15) is 25.8 Å². The summed E-state index contributed by atoms with van der Waals surface area (Å²) in [4.78, 5) is 27.0. The zero-order valence-corrected chi connectivity index (χ0v) is 18.8. The molecule has 2 rings (SSSR count). The van der Waals surface area contributed by atoms with Crippen molar-refractivity contribution in [1.82, 2.24) is 10.2 Å². The van der Waals surface area contributed by atoms with Crippen molar-refractivity contribution in [1.29, 1.82) is 0 Å². The number of ether oxygens (including phenoxy) is 2. The van der Waals surface area contributed by atoms with Crippen LogP contribution in [0, 0.1) is 0 Å². The van der Waals surface area contributed by atoms with Gasteiger partial charge in [-0.2, -0.15) is 0 Å². The molecule has 0 unspecified atom stereocenters. The molecule has 2 aromatic carbocycles. The van der Waals surface area contributed by atoms with Gasteiger partial charge >= 0.3 is 0 Å². The molecule has 0 spiro atoms. The van der Waals surface area contributed by atoms with Crippen LogP contribution in [0.4, 0.5) is 0 Å². The quantitative estimate of drug-likeness (QED) is 0.582. The molecular formula is C22H26Cl2N2O4. The maximum absolute atomic E-state index is 13.1. The Morgan fingerprint density at radius 2 is 1.70 bits per heavy atom. The molecule has 2 amide bonds. The topological polar surface area (TPSA) is 67.9 Å². The lowest BCUT2D eigenvalue weighted by molar-refractivity contribution is -0.142. The molecule has 0 saturated carbocycles. The van der Waals surface area contributed by atoms with Gasteiger partial charge in [-0.1, -0.05) is 48.3 Å². The molecule has 0 aromatic heterocycles. The van der Waals surface area contributed by atoms with Crippen molar-refractivity contribution in [3.05, 3.63) is 58.1 Å². The fourth-order valence-electron chi connectivity index (χ4n) is 2.79. The van der Waals surface area contributed by atoms with Gasteiger partial charge in [-0.15, -0.1) is 0 Å². The highest BCUT2D eigenvalue weighted by atomic mass is 35.5. The van der Waals surface area contributed by atoms with Crippen molar-refractivity contribution >= 4 is 35.0 Å². The van der Waals surface area contributed by atoms with Crippen LogP contribution in [0.5, 0.6) is 11.5 Å². The number of hydrogen-bond donors (Lipinski definition) is 1. The normalized spacial score (nSPS) is 11.5. The second kappa shape index (κ2) is 11.7. The van der Waals surface area contributed by atoms with E-state index in [0.29, 0.717) is 33.7 Å². The summed E-state index contributed by atoms with van der Waals surface area (Å²) in [6.07, 6.45) is 0.791. The summed E-state index contributed by atoms with van der Waals surface area (Å²) in [7, 11) is 1.52. The van der Waals surface area contributed by atoms with E-state index in [0.717, 1.165) is 6.42 Å². The molecular weight excluding hydrogens is 427 g/mol. The molecule has 0 aliphatic carbocycles. The summed E-state index contributed by atoms with van der Waals surface area (Å²) in [5.41, 5.74) is 0.571. The first-order valence-corrected chi connectivity index (χ1v) is 10.4. The van der Waals surface area contributed by atoms with E-state index in [2.05, 4.69) is 5.32 Å². The smallest absolute Gasteiger partial charge is 0.261 e. The van der Waals surface area contributed by atoms with Gasteiger partial charge < -0.3 is 19.7 Å². The number of hydrogen-bond acceptors (Lipinski definition) is 4. The molecule has 162 valence electrons. The van der Waals surface area contributed by atoms with Crippen molar-refractivity contribution in [2.24, 2.45) is 0 Å². The van der Waals surface area contributed by atoms with Crippen LogP contribution in [0.3, 0.4) is 0 Å². The fourth-order valence-corrected chi connectivity index (χ4v) is 3.31. The average molecular weight is 453 g/mol. The summed E-state index contributed by atoms with van der Waals surface area (Å²) in [6, 6.07) is 11.4. The molecule has 0 fully saturated rings. The molecule has 0 aliphatic rings. The van der Waals surface area contributed by atoms with Crippen molar-refractivity contribution < 1.29 is 19.1 Å². The third-order valence-corrected chi connectivity index (χ3v) is 5.24. The van der Waals surface area contributed by atoms with Gasteiger partial charge in [0.1, 0.15) is 6.04 Å². The highest BCUT2D eigenvalue weighted by Crippen LogP contribution is 2.28. The van der Waals surface area contributed by atoms with Crippen molar-refractivity contribution in [3.8, 4) is 11.5 Å². The molecule has 1 N–H and O–H groups in total.